The van der Waals surface area contributed by atoms with Crippen molar-refractivity contribution >= 4 is 11.9 Å². The van der Waals surface area contributed by atoms with Crippen LogP contribution in [0, 0.1) is 0 Å². The summed E-state index contributed by atoms with van der Waals surface area (Å²) >= 11 is 0. The van der Waals surface area contributed by atoms with Crippen LogP contribution in [0.15, 0.2) is 22.8 Å². The number of Topliss-reactive ketones (excluding diaryl/α,β-unsaturated/α-hetero) is 1. The zero-order valence-corrected chi connectivity index (χ0v) is 8.65. The number of alkyl carbamates (subject to hydrolysis) is 1. The Morgan fingerprint density at radius 1 is 1.60 bits per heavy atom. The number of amides is 1. The van der Waals surface area contributed by atoms with E-state index in [9.17, 15) is 9.59 Å². The van der Waals surface area contributed by atoms with Gasteiger partial charge in [0.05, 0.1) is 19.4 Å². The topological polar surface area (TPSA) is 68.5 Å². The molecule has 0 aromatic carbocycles. The molecule has 0 radical (unpaired) electrons. The molecular weight excluding hydrogens is 198 g/mol. The van der Waals surface area contributed by atoms with Gasteiger partial charge in [0.25, 0.3) is 0 Å². The van der Waals surface area contributed by atoms with Crippen molar-refractivity contribution < 1.29 is 18.7 Å². The molecule has 0 aliphatic rings. The summed E-state index contributed by atoms with van der Waals surface area (Å²) in [5.41, 5.74) is 0. The quantitative estimate of drug-likeness (QED) is 0.822. The second-order valence-electron chi connectivity index (χ2n) is 3.11. The summed E-state index contributed by atoms with van der Waals surface area (Å²) < 4.78 is 9.58. The van der Waals surface area contributed by atoms with Crippen LogP contribution >= 0.6 is 0 Å². The highest BCUT2D eigenvalue weighted by Gasteiger charge is 2.18. The maximum atomic E-state index is 11.0. The van der Waals surface area contributed by atoms with Crippen molar-refractivity contribution in [1.29, 1.82) is 0 Å². The van der Waals surface area contributed by atoms with Gasteiger partial charge in [-0.1, -0.05) is 0 Å². The van der Waals surface area contributed by atoms with E-state index in [-0.39, 0.29) is 12.2 Å². The van der Waals surface area contributed by atoms with Crippen LogP contribution in [0.2, 0.25) is 0 Å². The van der Waals surface area contributed by atoms with E-state index < -0.39 is 12.1 Å². The van der Waals surface area contributed by atoms with E-state index in [1.54, 1.807) is 12.1 Å². The molecule has 5 heteroatoms. The van der Waals surface area contributed by atoms with Gasteiger partial charge in [0.15, 0.2) is 0 Å². The third-order valence-electron chi connectivity index (χ3n) is 1.86. The molecule has 1 aromatic heterocycles. The van der Waals surface area contributed by atoms with Gasteiger partial charge >= 0.3 is 6.09 Å². The highest BCUT2D eigenvalue weighted by atomic mass is 16.5. The molecule has 0 aliphatic carbocycles. The van der Waals surface area contributed by atoms with Gasteiger partial charge in [-0.05, 0) is 19.1 Å². The van der Waals surface area contributed by atoms with Crippen molar-refractivity contribution in [3.05, 3.63) is 24.2 Å². The van der Waals surface area contributed by atoms with Crippen molar-refractivity contribution in [2.45, 2.75) is 19.4 Å². The Morgan fingerprint density at radius 2 is 2.33 bits per heavy atom. The minimum atomic E-state index is -0.586. The summed E-state index contributed by atoms with van der Waals surface area (Å²) in [6.45, 7) is 1.45. The average molecular weight is 211 g/mol. The molecule has 0 saturated heterocycles. The smallest absolute Gasteiger partial charge is 0.407 e. The predicted octanol–water partition coefficient (Wildman–Crippen LogP) is 1.66. The fourth-order valence-electron chi connectivity index (χ4n) is 1.20. The highest BCUT2D eigenvalue weighted by molar-refractivity contribution is 5.77. The summed E-state index contributed by atoms with van der Waals surface area (Å²) in [5.74, 6) is 0.503. The Balaban J connectivity index is 2.70. The lowest BCUT2D eigenvalue weighted by molar-refractivity contribution is -0.117. The Labute approximate surface area is 87.4 Å². The number of hydrogen-bond acceptors (Lipinski definition) is 4. The molecule has 0 saturated carbocycles. The van der Waals surface area contributed by atoms with E-state index in [4.69, 9.17) is 4.42 Å². The summed E-state index contributed by atoms with van der Waals surface area (Å²) in [6.07, 6.45) is 1.09. The standard InChI is InChI=1S/C10H13NO4/c1-7(12)6-8(11-10(13)14-2)9-4-3-5-15-9/h3-5,8H,6H2,1-2H3,(H,11,13)/t8-/m1/s1. The molecule has 0 aliphatic heterocycles. The second kappa shape index (κ2) is 5.19. The van der Waals surface area contributed by atoms with E-state index in [1.807, 2.05) is 0 Å². The van der Waals surface area contributed by atoms with Gasteiger partial charge in [0.2, 0.25) is 0 Å². The van der Waals surface area contributed by atoms with Crippen LogP contribution < -0.4 is 5.32 Å². The molecule has 0 bridgehead atoms. The van der Waals surface area contributed by atoms with Crippen LogP contribution in [0.4, 0.5) is 4.79 Å². The Morgan fingerprint density at radius 3 is 2.80 bits per heavy atom. The van der Waals surface area contributed by atoms with Crippen molar-refractivity contribution in [2.75, 3.05) is 7.11 Å². The number of ketones is 1. The first-order valence-electron chi connectivity index (χ1n) is 4.50. The van der Waals surface area contributed by atoms with Gasteiger partial charge in [-0.2, -0.15) is 0 Å². The molecule has 15 heavy (non-hydrogen) atoms. The molecule has 1 amide bonds. The Kier molecular flexibility index (Phi) is 3.91. The minimum Gasteiger partial charge on any atom is -0.467 e. The molecule has 0 unspecified atom stereocenters. The first-order chi connectivity index (χ1) is 7.13. The van der Waals surface area contributed by atoms with E-state index in [0.717, 1.165) is 0 Å². The molecule has 82 valence electrons. The van der Waals surface area contributed by atoms with Gasteiger partial charge in [0.1, 0.15) is 11.5 Å². The lowest BCUT2D eigenvalue weighted by Gasteiger charge is -2.13. The van der Waals surface area contributed by atoms with Crippen molar-refractivity contribution in [2.24, 2.45) is 0 Å². The molecular formula is C10H13NO4. The van der Waals surface area contributed by atoms with Crippen molar-refractivity contribution in [1.82, 2.24) is 5.32 Å². The van der Waals surface area contributed by atoms with Gasteiger partial charge in [0, 0.05) is 6.42 Å². The molecule has 1 heterocycles. The molecule has 0 spiro atoms. The largest absolute Gasteiger partial charge is 0.467 e. The maximum absolute atomic E-state index is 11.0. The van der Waals surface area contributed by atoms with Crippen LogP contribution in [-0.4, -0.2) is 19.0 Å². The minimum absolute atomic E-state index is 0.0344. The number of furan rings is 1. The van der Waals surface area contributed by atoms with Crippen molar-refractivity contribution in [3.8, 4) is 0 Å². The molecule has 1 atom stereocenters. The van der Waals surface area contributed by atoms with Crippen LogP contribution in [-0.2, 0) is 9.53 Å². The first-order valence-corrected chi connectivity index (χ1v) is 4.50. The zero-order valence-electron chi connectivity index (χ0n) is 8.65. The summed E-state index contributed by atoms with van der Waals surface area (Å²) in [4.78, 5) is 22.0. The van der Waals surface area contributed by atoms with Gasteiger partial charge in [-0.3, -0.25) is 4.79 Å². The molecule has 1 rings (SSSR count). The van der Waals surface area contributed by atoms with E-state index in [2.05, 4.69) is 10.1 Å². The van der Waals surface area contributed by atoms with Gasteiger partial charge < -0.3 is 14.5 Å². The van der Waals surface area contributed by atoms with E-state index in [0.29, 0.717) is 5.76 Å². The van der Waals surface area contributed by atoms with Crippen LogP contribution in [0.3, 0.4) is 0 Å². The number of nitrogens with one attached hydrogen (secondary N) is 1. The molecule has 1 aromatic rings. The van der Waals surface area contributed by atoms with Crippen molar-refractivity contribution in [3.63, 3.8) is 0 Å². The molecule has 5 nitrogen and oxygen atoms in total. The van der Waals surface area contributed by atoms with Crippen LogP contribution in [0.5, 0.6) is 0 Å². The lowest BCUT2D eigenvalue weighted by Crippen LogP contribution is -2.29. The fourth-order valence-corrected chi connectivity index (χ4v) is 1.20. The number of rotatable bonds is 4. The summed E-state index contributed by atoms with van der Waals surface area (Å²) in [6, 6.07) is 2.93. The molecule has 0 fully saturated rings. The number of carbonyl (C=O) groups excluding carboxylic acids is 2. The summed E-state index contributed by atoms with van der Waals surface area (Å²) in [7, 11) is 1.27. The van der Waals surface area contributed by atoms with Crippen LogP contribution in [0.25, 0.3) is 0 Å². The number of hydrogen-bond donors (Lipinski definition) is 1. The van der Waals surface area contributed by atoms with Gasteiger partial charge in [-0.15, -0.1) is 0 Å². The Hall–Kier alpha value is -1.78. The van der Waals surface area contributed by atoms with E-state index in [1.165, 1.54) is 20.3 Å². The average Bonchev–Trinajstić information content (AvgIpc) is 2.68. The third kappa shape index (κ3) is 3.46. The number of methoxy groups -OCH3 is 1. The maximum Gasteiger partial charge on any atom is 0.407 e. The fraction of sp³-hybridized carbons (Fsp3) is 0.400. The molecule has 1 N–H and O–H groups in total. The number of carbonyl (C=O) groups is 2. The Bertz CT molecular complexity index is 331. The SMILES string of the molecule is COC(=O)N[C@H](CC(C)=O)c1ccco1. The lowest BCUT2D eigenvalue weighted by atomic mass is 10.1. The zero-order chi connectivity index (χ0) is 11.3. The van der Waals surface area contributed by atoms with E-state index >= 15 is 0 Å². The summed E-state index contributed by atoms with van der Waals surface area (Å²) in [5, 5.41) is 2.52. The van der Waals surface area contributed by atoms with Gasteiger partial charge in [-0.25, -0.2) is 4.79 Å². The number of ether oxygens (including phenoxy) is 1. The predicted molar refractivity (Wildman–Crippen MR) is 52.3 cm³/mol. The monoisotopic (exact) mass is 211 g/mol. The third-order valence-corrected chi connectivity index (χ3v) is 1.86. The highest BCUT2D eigenvalue weighted by Crippen LogP contribution is 2.17. The van der Waals surface area contributed by atoms with Crippen LogP contribution in [0.1, 0.15) is 25.1 Å². The second-order valence-corrected chi connectivity index (χ2v) is 3.11. The first kappa shape index (κ1) is 11.3. The normalized spacial score (nSPS) is 11.9.